The Morgan fingerprint density at radius 2 is 2.09 bits per heavy atom. The number of rotatable bonds is 8. The van der Waals surface area contributed by atoms with E-state index >= 15 is 0 Å². The van der Waals surface area contributed by atoms with Crippen LogP contribution in [0.1, 0.15) is 24.1 Å². The van der Waals surface area contributed by atoms with Gasteiger partial charge in [0, 0.05) is 40.7 Å². The van der Waals surface area contributed by atoms with Gasteiger partial charge in [0.1, 0.15) is 0 Å². The lowest BCUT2D eigenvalue weighted by Crippen LogP contribution is -2.34. The van der Waals surface area contributed by atoms with Crippen LogP contribution in [0.5, 0.6) is 0 Å². The maximum Gasteiger partial charge on any atom is 0.407 e. The van der Waals surface area contributed by atoms with Gasteiger partial charge in [-0.2, -0.15) is 0 Å². The fourth-order valence-electron chi connectivity index (χ4n) is 3.80. The molecule has 180 valence electrons. The number of imidazole rings is 1. The zero-order chi connectivity index (χ0) is 24.3. The molecule has 3 atom stereocenters. The molecule has 0 radical (unpaired) electrons. The van der Waals surface area contributed by atoms with Crippen LogP contribution in [-0.4, -0.2) is 51.2 Å². The molecular weight excluding hydrogens is 497 g/mol. The predicted molar refractivity (Wildman–Crippen MR) is 133 cm³/mol. The summed E-state index contributed by atoms with van der Waals surface area (Å²) in [6.07, 6.45) is 4.16. The van der Waals surface area contributed by atoms with E-state index in [0.29, 0.717) is 28.9 Å². The Balaban J connectivity index is 1.44. The van der Waals surface area contributed by atoms with E-state index in [9.17, 15) is 9.90 Å². The quantitative estimate of drug-likeness (QED) is 0.370. The van der Waals surface area contributed by atoms with Crippen LogP contribution in [0.15, 0.2) is 66.1 Å². The lowest BCUT2D eigenvalue weighted by Gasteiger charge is -2.30. The Labute approximate surface area is 212 Å². The van der Waals surface area contributed by atoms with Gasteiger partial charge in [-0.1, -0.05) is 41.4 Å². The number of carboxylic acid groups (broad SMARTS) is 1. The average Bonchev–Trinajstić information content (AvgIpc) is 3.47. The Morgan fingerprint density at radius 3 is 2.74 bits per heavy atom. The Bertz CT molecular complexity index is 1130. The summed E-state index contributed by atoms with van der Waals surface area (Å²) in [4.78, 5) is 17.7. The number of nitrogens with zero attached hydrogens (tertiary/aromatic N) is 3. The van der Waals surface area contributed by atoms with Crippen molar-refractivity contribution in [2.24, 2.45) is 0 Å². The molecule has 1 aliphatic heterocycles. The molecule has 1 saturated heterocycles. The molecule has 1 fully saturated rings. The topological polar surface area (TPSA) is 76.8 Å². The van der Waals surface area contributed by atoms with Crippen molar-refractivity contribution in [3.63, 3.8) is 0 Å². The number of hydrogen-bond donors (Lipinski definition) is 1. The molecule has 0 saturated carbocycles. The minimum atomic E-state index is -1.05. The van der Waals surface area contributed by atoms with Crippen LogP contribution in [0.25, 0.3) is 0 Å². The van der Waals surface area contributed by atoms with Crippen LogP contribution in [0, 0.1) is 0 Å². The molecule has 3 aromatic rings. The smallest absolute Gasteiger partial charge is 0.407 e. The zero-order valence-corrected chi connectivity index (χ0v) is 21.1. The summed E-state index contributed by atoms with van der Waals surface area (Å²) >= 11 is 14.3. The molecule has 34 heavy (non-hydrogen) atoms. The molecule has 3 unspecified atom stereocenters. The van der Waals surface area contributed by atoms with Gasteiger partial charge < -0.3 is 24.0 Å². The lowest BCUT2D eigenvalue weighted by molar-refractivity contribution is -0.184. The molecular formula is C24H25Cl2N3O4S. The normalized spacial score (nSPS) is 20.9. The van der Waals surface area contributed by atoms with Crippen molar-refractivity contribution in [1.29, 1.82) is 0 Å². The van der Waals surface area contributed by atoms with E-state index in [-0.39, 0.29) is 12.1 Å². The first kappa shape index (κ1) is 24.9. The van der Waals surface area contributed by atoms with Crippen LogP contribution < -0.4 is 0 Å². The summed E-state index contributed by atoms with van der Waals surface area (Å²) in [5, 5.41) is 10.2. The number of carbonyl (C=O) groups is 1. The van der Waals surface area contributed by atoms with Crippen molar-refractivity contribution in [2.75, 3.05) is 19.4 Å². The monoisotopic (exact) mass is 521 g/mol. The highest BCUT2D eigenvalue weighted by Gasteiger charge is 2.45. The van der Waals surface area contributed by atoms with E-state index in [0.717, 1.165) is 16.0 Å². The van der Waals surface area contributed by atoms with Crippen molar-refractivity contribution in [3.05, 3.63) is 82.4 Å². The first-order valence-corrected chi connectivity index (χ1v) is 12.4. The van der Waals surface area contributed by atoms with Crippen LogP contribution in [0.3, 0.4) is 0 Å². The number of amides is 1. The number of benzene rings is 2. The Morgan fingerprint density at radius 1 is 1.32 bits per heavy atom. The maximum atomic E-state index is 11.2. The molecule has 1 amide bonds. The zero-order valence-electron chi connectivity index (χ0n) is 18.7. The highest BCUT2D eigenvalue weighted by Crippen LogP contribution is 2.41. The van der Waals surface area contributed by atoms with Crippen molar-refractivity contribution >= 4 is 41.1 Å². The summed E-state index contributed by atoms with van der Waals surface area (Å²) in [5.74, 6) is -0.366. The third-order valence-electron chi connectivity index (χ3n) is 5.83. The second-order valence-electron chi connectivity index (χ2n) is 8.11. The highest BCUT2D eigenvalue weighted by molar-refractivity contribution is 7.99. The molecule has 2 heterocycles. The summed E-state index contributed by atoms with van der Waals surface area (Å²) in [6.45, 7) is 2.68. The van der Waals surface area contributed by atoms with Gasteiger partial charge in [-0.3, -0.25) is 0 Å². The molecule has 7 nitrogen and oxygen atoms in total. The molecule has 1 N–H and O–H groups in total. The number of hydrogen-bond acceptors (Lipinski definition) is 5. The fraction of sp³-hybridized carbons (Fsp3) is 0.333. The third kappa shape index (κ3) is 5.53. The Kier molecular flexibility index (Phi) is 7.74. The van der Waals surface area contributed by atoms with Gasteiger partial charge in [-0.25, -0.2) is 9.78 Å². The summed E-state index contributed by atoms with van der Waals surface area (Å²) < 4.78 is 14.6. The standard InChI is InChI=1S/C24H25Cl2N3O4S/c1-16(28(2)23(30)31)17-3-6-20(7-4-17)34-13-19-12-32-24(33-19,14-29-10-9-27-15-29)21-8-5-18(25)11-22(21)26/h3-11,15-16,19H,12-14H2,1-2H3,(H,30,31). The summed E-state index contributed by atoms with van der Waals surface area (Å²) in [5.41, 5.74) is 1.66. The van der Waals surface area contributed by atoms with Gasteiger partial charge >= 0.3 is 6.09 Å². The van der Waals surface area contributed by atoms with Gasteiger partial charge in [0.25, 0.3) is 0 Å². The molecule has 0 spiro atoms. The number of halogens is 2. The third-order valence-corrected chi connectivity index (χ3v) is 7.52. The number of aromatic nitrogens is 2. The lowest BCUT2D eigenvalue weighted by atomic mass is 10.1. The average molecular weight is 522 g/mol. The first-order valence-electron chi connectivity index (χ1n) is 10.7. The second kappa shape index (κ2) is 10.6. The van der Waals surface area contributed by atoms with Crippen molar-refractivity contribution in [3.8, 4) is 0 Å². The van der Waals surface area contributed by atoms with E-state index in [1.807, 2.05) is 48.0 Å². The van der Waals surface area contributed by atoms with E-state index in [1.54, 1.807) is 43.5 Å². The maximum absolute atomic E-state index is 11.2. The van der Waals surface area contributed by atoms with Gasteiger partial charge in [0.2, 0.25) is 5.79 Å². The molecule has 1 aromatic heterocycles. The van der Waals surface area contributed by atoms with Gasteiger partial charge in [0.05, 0.1) is 36.6 Å². The molecule has 10 heteroatoms. The van der Waals surface area contributed by atoms with Crippen molar-refractivity contribution < 1.29 is 19.4 Å². The van der Waals surface area contributed by atoms with Crippen LogP contribution >= 0.6 is 35.0 Å². The predicted octanol–water partition coefficient (Wildman–Crippen LogP) is 5.92. The molecule has 0 bridgehead atoms. The molecule has 1 aliphatic rings. The largest absolute Gasteiger partial charge is 0.465 e. The minimum Gasteiger partial charge on any atom is -0.465 e. The fourth-order valence-corrected chi connectivity index (χ4v) is 5.22. The molecule has 2 aromatic carbocycles. The first-order chi connectivity index (χ1) is 16.3. The van der Waals surface area contributed by atoms with Crippen LogP contribution in [0.4, 0.5) is 4.79 Å². The Hall–Kier alpha value is -2.23. The van der Waals surface area contributed by atoms with Gasteiger partial charge in [-0.15, -0.1) is 11.8 Å². The van der Waals surface area contributed by atoms with E-state index in [4.69, 9.17) is 32.7 Å². The van der Waals surface area contributed by atoms with Gasteiger partial charge in [-0.05, 0) is 36.8 Å². The summed E-state index contributed by atoms with van der Waals surface area (Å²) in [6, 6.07) is 13.0. The van der Waals surface area contributed by atoms with E-state index < -0.39 is 11.9 Å². The van der Waals surface area contributed by atoms with Gasteiger partial charge in [0.15, 0.2) is 0 Å². The van der Waals surface area contributed by atoms with E-state index in [1.165, 1.54) is 4.90 Å². The number of ether oxygens (including phenoxy) is 2. The van der Waals surface area contributed by atoms with Crippen LogP contribution in [0.2, 0.25) is 10.0 Å². The summed E-state index contributed by atoms with van der Waals surface area (Å²) in [7, 11) is 1.57. The van der Waals surface area contributed by atoms with Crippen molar-refractivity contribution in [2.45, 2.75) is 36.3 Å². The number of thioether (sulfide) groups is 1. The van der Waals surface area contributed by atoms with E-state index in [2.05, 4.69) is 4.98 Å². The molecule has 4 rings (SSSR count). The minimum absolute atomic E-state index is 0.156. The molecule has 0 aliphatic carbocycles. The SMILES string of the molecule is CC(c1ccc(SCC2COC(Cn3ccnc3)(c3ccc(Cl)cc3Cl)O2)cc1)N(C)C(=O)O. The van der Waals surface area contributed by atoms with Crippen LogP contribution in [-0.2, 0) is 21.8 Å². The van der Waals surface area contributed by atoms with Crippen molar-refractivity contribution in [1.82, 2.24) is 14.5 Å². The second-order valence-corrected chi connectivity index (χ2v) is 10.0. The highest BCUT2D eigenvalue weighted by atomic mass is 35.5.